The van der Waals surface area contributed by atoms with Gasteiger partial charge in [0.15, 0.2) is 0 Å². The Balaban J connectivity index is 1.97. The number of aliphatic hydroxyl groups is 1. The topological polar surface area (TPSA) is 62.2 Å². The van der Waals surface area contributed by atoms with E-state index in [4.69, 9.17) is 5.11 Å². The number of carbonyl (C=O) groups is 1. The fraction of sp³-hybridized carbons (Fsp3) is 0.176. The van der Waals surface area contributed by atoms with Gasteiger partial charge in [-0.1, -0.05) is 30.0 Å². The summed E-state index contributed by atoms with van der Waals surface area (Å²) in [5.41, 5.74) is 2.06. The van der Waals surface area contributed by atoms with Gasteiger partial charge in [0.25, 0.3) is 5.91 Å². The van der Waals surface area contributed by atoms with Crippen LogP contribution in [0.3, 0.4) is 0 Å². The quantitative estimate of drug-likeness (QED) is 0.832. The Hall–Kier alpha value is -2.64. The third-order valence-corrected chi connectivity index (χ3v) is 2.87. The van der Waals surface area contributed by atoms with Crippen molar-refractivity contribution in [2.24, 2.45) is 0 Å². The van der Waals surface area contributed by atoms with Crippen LogP contribution in [0.15, 0.2) is 48.7 Å². The molecule has 0 aliphatic rings. The van der Waals surface area contributed by atoms with E-state index < -0.39 is 0 Å². The molecule has 106 valence electrons. The number of pyridine rings is 1. The first kappa shape index (κ1) is 14.8. The summed E-state index contributed by atoms with van der Waals surface area (Å²) < 4.78 is 0. The van der Waals surface area contributed by atoms with Gasteiger partial charge in [-0.15, -0.1) is 0 Å². The maximum Gasteiger partial charge on any atom is 0.252 e. The Bertz CT molecular complexity index is 657. The van der Waals surface area contributed by atoms with Gasteiger partial charge in [0.05, 0.1) is 5.56 Å². The van der Waals surface area contributed by atoms with Crippen LogP contribution in [0.25, 0.3) is 0 Å². The molecule has 0 aliphatic carbocycles. The Morgan fingerprint density at radius 1 is 1.19 bits per heavy atom. The van der Waals surface area contributed by atoms with Gasteiger partial charge in [-0.05, 0) is 24.3 Å². The van der Waals surface area contributed by atoms with Gasteiger partial charge in [0, 0.05) is 30.4 Å². The number of nitrogens with zero attached hydrogens (tertiary/aromatic N) is 1. The van der Waals surface area contributed by atoms with Gasteiger partial charge < -0.3 is 10.4 Å². The summed E-state index contributed by atoms with van der Waals surface area (Å²) in [5, 5.41) is 11.6. The molecule has 1 aromatic heterocycles. The maximum absolute atomic E-state index is 12.2. The van der Waals surface area contributed by atoms with Crippen molar-refractivity contribution in [2.45, 2.75) is 6.42 Å². The monoisotopic (exact) mass is 280 g/mol. The lowest BCUT2D eigenvalue weighted by Gasteiger charge is -2.06. The Kier molecular flexibility index (Phi) is 5.50. The molecule has 0 saturated carbocycles. The van der Waals surface area contributed by atoms with Crippen LogP contribution in [0.4, 0.5) is 0 Å². The summed E-state index contributed by atoms with van der Waals surface area (Å²) in [6.07, 6.45) is 2.41. The second kappa shape index (κ2) is 7.83. The molecular formula is C17H16N2O2. The van der Waals surface area contributed by atoms with Crippen LogP contribution in [0.5, 0.6) is 0 Å². The van der Waals surface area contributed by atoms with E-state index in [1.807, 2.05) is 24.3 Å². The van der Waals surface area contributed by atoms with Crippen LogP contribution in [-0.4, -0.2) is 29.1 Å². The maximum atomic E-state index is 12.2. The van der Waals surface area contributed by atoms with E-state index >= 15 is 0 Å². The number of hydrogen-bond acceptors (Lipinski definition) is 3. The summed E-state index contributed by atoms with van der Waals surface area (Å²) in [6, 6.07) is 12.8. The number of aromatic nitrogens is 1. The Labute approximate surface area is 123 Å². The van der Waals surface area contributed by atoms with E-state index in [9.17, 15) is 4.79 Å². The van der Waals surface area contributed by atoms with E-state index in [0.29, 0.717) is 24.1 Å². The van der Waals surface area contributed by atoms with Crippen molar-refractivity contribution < 1.29 is 9.90 Å². The average molecular weight is 280 g/mol. The van der Waals surface area contributed by atoms with E-state index in [0.717, 1.165) is 5.69 Å². The second-order valence-electron chi connectivity index (χ2n) is 4.33. The Morgan fingerprint density at radius 2 is 2.00 bits per heavy atom. The molecule has 1 amide bonds. The standard InChI is InChI=1S/C17H16N2O2/c20-13-5-7-14-6-1-2-9-16(14)17(21)19-12-10-15-8-3-4-11-18-15/h1-4,6,8-9,11,20H,10,12-13H2,(H,19,21). The number of carbonyl (C=O) groups excluding carboxylic acids is 1. The van der Waals surface area contributed by atoms with Crippen molar-refractivity contribution in [3.8, 4) is 11.8 Å². The molecule has 0 radical (unpaired) electrons. The molecule has 0 saturated heterocycles. The zero-order chi connectivity index (χ0) is 14.9. The highest BCUT2D eigenvalue weighted by molar-refractivity contribution is 5.96. The molecule has 0 aliphatic heterocycles. The lowest BCUT2D eigenvalue weighted by Crippen LogP contribution is -2.26. The molecule has 2 rings (SSSR count). The van der Waals surface area contributed by atoms with Crippen LogP contribution < -0.4 is 5.32 Å². The number of amides is 1. The normalized spacial score (nSPS) is 9.57. The van der Waals surface area contributed by atoms with Gasteiger partial charge in [-0.2, -0.15) is 0 Å². The predicted molar refractivity (Wildman–Crippen MR) is 80.7 cm³/mol. The van der Waals surface area contributed by atoms with Gasteiger partial charge in [0.1, 0.15) is 6.61 Å². The summed E-state index contributed by atoms with van der Waals surface area (Å²) in [4.78, 5) is 16.4. The van der Waals surface area contributed by atoms with Gasteiger partial charge in [-0.25, -0.2) is 0 Å². The zero-order valence-electron chi connectivity index (χ0n) is 11.5. The minimum absolute atomic E-state index is 0.172. The van der Waals surface area contributed by atoms with Gasteiger partial charge in [-0.3, -0.25) is 9.78 Å². The first-order chi connectivity index (χ1) is 10.3. The molecule has 0 bridgehead atoms. The molecular weight excluding hydrogens is 264 g/mol. The van der Waals surface area contributed by atoms with Crippen LogP contribution >= 0.6 is 0 Å². The highest BCUT2D eigenvalue weighted by atomic mass is 16.2. The van der Waals surface area contributed by atoms with Crippen LogP contribution in [0.2, 0.25) is 0 Å². The Morgan fingerprint density at radius 3 is 2.76 bits per heavy atom. The van der Waals surface area contributed by atoms with E-state index in [-0.39, 0.29) is 12.5 Å². The molecule has 2 N–H and O–H groups in total. The number of aliphatic hydroxyl groups excluding tert-OH is 1. The van der Waals surface area contributed by atoms with Crippen molar-refractivity contribution in [2.75, 3.05) is 13.2 Å². The predicted octanol–water partition coefficient (Wildman–Crippen LogP) is 1.40. The molecule has 4 nitrogen and oxygen atoms in total. The van der Waals surface area contributed by atoms with Crippen LogP contribution in [0, 0.1) is 11.8 Å². The molecule has 4 heteroatoms. The van der Waals surface area contributed by atoms with Crippen LogP contribution in [-0.2, 0) is 6.42 Å². The third-order valence-electron chi connectivity index (χ3n) is 2.87. The van der Waals surface area contributed by atoms with Crippen molar-refractivity contribution >= 4 is 5.91 Å². The summed E-state index contributed by atoms with van der Waals surface area (Å²) in [6.45, 7) is 0.285. The van der Waals surface area contributed by atoms with Crippen LogP contribution in [0.1, 0.15) is 21.6 Å². The molecule has 2 aromatic rings. The molecule has 0 fully saturated rings. The molecule has 0 atom stereocenters. The lowest BCUT2D eigenvalue weighted by atomic mass is 10.1. The minimum Gasteiger partial charge on any atom is -0.384 e. The summed E-state index contributed by atoms with van der Waals surface area (Å²) in [5.74, 6) is 5.16. The number of rotatable bonds is 4. The first-order valence-corrected chi connectivity index (χ1v) is 6.68. The molecule has 0 spiro atoms. The zero-order valence-corrected chi connectivity index (χ0v) is 11.5. The van der Waals surface area contributed by atoms with Crippen molar-refractivity contribution in [1.82, 2.24) is 10.3 Å². The first-order valence-electron chi connectivity index (χ1n) is 6.68. The number of nitrogens with one attached hydrogen (secondary N) is 1. The van der Waals surface area contributed by atoms with Gasteiger partial charge in [0.2, 0.25) is 0 Å². The SMILES string of the molecule is O=C(NCCc1ccccn1)c1ccccc1C#CCO. The van der Waals surface area contributed by atoms with Crippen molar-refractivity contribution in [3.05, 3.63) is 65.5 Å². The van der Waals surface area contributed by atoms with Crippen molar-refractivity contribution in [3.63, 3.8) is 0 Å². The highest BCUT2D eigenvalue weighted by Crippen LogP contribution is 2.07. The number of benzene rings is 1. The minimum atomic E-state index is -0.227. The van der Waals surface area contributed by atoms with E-state index in [2.05, 4.69) is 22.1 Å². The molecule has 0 unspecified atom stereocenters. The average Bonchev–Trinajstić information content (AvgIpc) is 2.54. The smallest absolute Gasteiger partial charge is 0.252 e. The lowest BCUT2D eigenvalue weighted by molar-refractivity contribution is 0.0954. The van der Waals surface area contributed by atoms with E-state index in [1.54, 1.807) is 24.4 Å². The highest BCUT2D eigenvalue weighted by Gasteiger charge is 2.08. The molecule has 1 heterocycles. The summed E-state index contributed by atoms with van der Waals surface area (Å²) >= 11 is 0. The number of hydrogen-bond donors (Lipinski definition) is 2. The van der Waals surface area contributed by atoms with Crippen molar-refractivity contribution in [1.29, 1.82) is 0 Å². The fourth-order valence-electron chi connectivity index (χ4n) is 1.87. The third kappa shape index (κ3) is 4.44. The van der Waals surface area contributed by atoms with E-state index in [1.165, 1.54) is 0 Å². The molecule has 21 heavy (non-hydrogen) atoms. The molecule has 1 aromatic carbocycles. The largest absolute Gasteiger partial charge is 0.384 e. The second-order valence-corrected chi connectivity index (χ2v) is 4.33. The summed E-state index contributed by atoms with van der Waals surface area (Å²) in [7, 11) is 0. The fourth-order valence-corrected chi connectivity index (χ4v) is 1.87. The van der Waals surface area contributed by atoms with Gasteiger partial charge >= 0.3 is 0 Å².